The van der Waals surface area contributed by atoms with Crippen molar-refractivity contribution in [1.82, 2.24) is 9.47 Å². The first-order chi connectivity index (χ1) is 19.1. The van der Waals surface area contributed by atoms with Crippen LogP contribution in [0.2, 0.25) is 5.02 Å². The Morgan fingerprint density at radius 2 is 1.82 bits per heavy atom. The van der Waals surface area contributed by atoms with Gasteiger partial charge in [0.1, 0.15) is 23.3 Å². The molecule has 1 atom stereocenters. The van der Waals surface area contributed by atoms with E-state index >= 15 is 0 Å². The van der Waals surface area contributed by atoms with E-state index in [-0.39, 0.29) is 17.6 Å². The first-order valence-corrected chi connectivity index (χ1v) is 14.3. The van der Waals surface area contributed by atoms with Gasteiger partial charge in [0.15, 0.2) is 4.80 Å². The first kappa shape index (κ1) is 29.4. The molecular weight excluding hydrogens is 550 g/mol. The standard InChI is InChI=1S/C30H34ClN3O5S/c1-8-33(9-2)29(36)26-18(5)32-30-34(27(26)22-16-21(37-6)11-13-24(22)38-7)28(35)25(40-30)15-19-14-20(31)10-12-23(19)39-17(3)4/h10-17,27H,8-9H2,1-7H3/b25-15-/t27-/m1/s1. The van der Waals surface area contributed by atoms with E-state index in [1.165, 1.54) is 11.3 Å². The second-order valence-corrected chi connectivity index (χ2v) is 11.0. The lowest BCUT2D eigenvalue weighted by Crippen LogP contribution is -2.43. The van der Waals surface area contributed by atoms with E-state index in [4.69, 9.17) is 30.8 Å². The lowest BCUT2D eigenvalue weighted by atomic mass is 9.93. The Bertz CT molecular complexity index is 1640. The van der Waals surface area contributed by atoms with E-state index in [2.05, 4.69) is 0 Å². The molecule has 8 nitrogen and oxygen atoms in total. The number of methoxy groups -OCH3 is 2. The number of aromatic nitrogens is 1. The summed E-state index contributed by atoms with van der Waals surface area (Å²) in [4.78, 5) is 35.0. The third-order valence-electron chi connectivity index (χ3n) is 6.66. The highest BCUT2D eigenvalue weighted by Gasteiger charge is 2.36. The summed E-state index contributed by atoms with van der Waals surface area (Å²) in [7, 11) is 3.13. The van der Waals surface area contributed by atoms with Gasteiger partial charge in [0.2, 0.25) is 0 Å². The number of rotatable bonds is 9. The number of allylic oxidation sites excluding steroid dienone is 1. The number of halogens is 1. The molecule has 0 unspecified atom stereocenters. The Morgan fingerprint density at radius 1 is 1.12 bits per heavy atom. The molecule has 0 fully saturated rings. The van der Waals surface area contributed by atoms with E-state index in [0.717, 1.165) is 0 Å². The summed E-state index contributed by atoms with van der Waals surface area (Å²) in [5.74, 6) is 1.54. The summed E-state index contributed by atoms with van der Waals surface area (Å²) in [6.45, 7) is 10.6. The zero-order chi connectivity index (χ0) is 29.1. The van der Waals surface area contributed by atoms with Gasteiger partial charge in [-0.3, -0.25) is 14.2 Å². The normalized spacial score (nSPS) is 15.1. The van der Waals surface area contributed by atoms with Crippen LogP contribution in [0.25, 0.3) is 6.08 Å². The molecule has 1 aromatic heterocycles. The van der Waals surface area contributed by atoms with Gasteiger partial charge in [-0.25, -0.2) is 4.99 Å². The zero-order valence-corrected chi connectivity index (χ0v) is 25.4. The molecule has 0 N–H and O–H groups in total. The van der Waals surface area contributed by atoms with Crippen LogP contribution in [0.5, 0.6) is 17.2 Å². The van der Waals surface area contributed by atoms with Crippen molar-refractivity contribution in [3.63, 3.8) is 0 Å². The van der Waals surface area contributed by atoms with Crippen molar-refractivity contribution < 1.29 is 19.0 Å². The second-order valence-electron chi connectivity index (χ2n) is 9.52. The third-order valence-corrected chi connectivity index (χ3v) is 7.87. The summed E-state index contributed by atoms with van der Waals surface area (Å²) < 4.78 is 19.2. The maximum absolute atomic E-state index is 14.1. The minimum atomic E-state index is -0.776. The fourth-order valence-corrected chi connectivity index (χ4v) is 5.98. The van der Waals surface area contributed by atoms with Crippen LogP contribution >= 0.6 is 22.9 Å². The van der Waals surface area contributed by atoms with Crippen LogP contribution in [0.4, 0.5) is 0 Å². The molecule has 40 heavy (non-hydrogen) atoms. The lowest BCUT2D eigenvalue weighted by Gasteiger charge is -2.30. The molecule has 1 aliphatic heterocycles. The summed E-state index contributed by atoms with van der Waals surface area (Å²) in [6, 6.07) is 9.90. The summed E-state index contributed by atoms with van der Waals surface area (Å²) >= 11 is 7.56. The number of fused-ring (bicyclic) bond motifs is 1. The number of hydrogen-bond acceptors (Lipinski definition) is 7. The van der Waals surface area contributed by atoms with Crippen LogP contribution < -0.4 is 29.1 Å². The van der Waals surface area contributed by atoms with Gasteiger partial charge >= 0.3 is 0 Å². The van der Waals surface area contributed by atoms with E-state index < -0.39 is 6.04 Å². The highest BCUT2D eigenvalue weighted by molar-refractivity contribution is 7.07. The summed E-state index contributed by atoms with van der Waals surface area (Å²) in [5.41, 5.74) is 1.99. The Morgan fingerprint density at radius 3 is 2.45 bits per heavy atom. The average molecular weight is 584 g/mol. The van der Waals surface area contributed by atoms with Crippen LogP contribution in [0, 0.1) is 0 Å². The van der Waals surface area contributed by atoms with Crippen LogP contribution in [0.1, 0.15) is 51.8 Å². The van der Waals surface area contributed by atoms with Crippen molar-refractivity contribution in [3.8, 4) is 17.2 Å². The van der Waals surface area contributed by atoms with Crippen molar-refractivity contribution in [2.45, 2.75) is 46.8 Å². The SMILES string of the molecule is CCN(CC)C(=O)C1=C(C)N=c2s/c(=C\c3cc(Cl)ccc3OC(C)C)c(=O)n2[C@@H]1c1cc(OC)ccc1OC. The Hall–Kier alpha value is -3.56. The molecule has 0 bridgehead atoms. The molecule has 0 spiro atoms. The van der Waals surface area contributed by atoms with Gasteiger partial charge in [0.25, 0.3) is 11.5 Å². The molecule has 2 heterocycles. The van der Waals surface area contributed by atoms with Crippen molar-refractivity contribution in [3.05, 3.63) is 83.5 Å². The van der Waals surface area contributed by atoms with Crippen LogP contribution in [-0.2, 0) is 4.79 Å². The van der Waals surface area contributed by atoms with Crippen molar-refractivity contribution >= 4 is 34.9 Å². The third kappa shape index (κ3) is 5.67. The van der Waals surface area contributed by atoms with Gasteiger partial charge in [-0.1, -0.05) is 22.9 Å². The van der Waals surface area contributed by atoms with Crippen molar-refractivity contribution in [2.75, 3.05) is 27.3 Å². The number of ether oxygens (including phenoxy) is 3. The molecule has 1 aliphatic rings. The number of likely N-dealkylation sites (N-methyl/N-ethyl adjacent to an activating group) is 1. The number of carbonyl (C=O) groups excluding carboxylic acids is 1. The molecule has 1 amide bonds. The molecule has 0 saturated carbocycles. The molecule has 3 aromatic rings. The molecule has 0 radical (unpaired) electrons. The predicted molar refractivity (Wildman–Crippen MR) is 158 cm³/mol. The molecular formula is C30H34ClN3O5S. The minimum absolute atomic E-state index is 0.0635. The van der Waals surface area contributed by atoms with Gasteiger partial charge in [0.05, 0.1) is 36.1 Å². The smallest absolute Gasteiger partial charge is 0.271 e. The average Bonchev–Trinajstić information content (AvgIpc) is 3.23. The highest BCUT2D eigenvalue weighted by atomic mass is 35.5. The van der Waals surface area contributed by atoms with Crippen molar-refractivity contribution in [2.24, 2.45) is 4.99 Å². The lowest BCUT2D eigenvalue weighted by molar-refractivity contribution is -0.127. The number of carbonyl (C=O) groups is 1. The van der Waals surface area contributed by atoms with E-state index in [1.54, 1.807) is 73.1 Å². The molecule has 2 aromatic carbocycles. The van der Waals surface area contributed by atoms with Gasteiger partial charge in [-0.2, -0.15) is 0 Å². The Kier molecular flexibility index (Phi) is 9.05. The van der Waals surface area contributed by atoms with Crippen LogP contribution in [0.3, 0.4) is 0 Å². The second kappa shape index (κ2) is 12.3. The van der Waals surface area contributed by atoms with Gasteiger partial charge in [-0.15, -0.1) is 0 Å². The Labute approximate surface area is 242 Å². The zero-order valence-electron chi connectivity index (χ0n) is 23.8. The monoisotopic (exact) mass is 583 g/mol. The molecule has 212 valence electrons. The fourth-order valence-electron chi connectivity index (χ4n) is 4.76. The van der Waals surface area contributed by atoms with Crippen LogP contribution in [0.15, 0.2) is 57.5 Å². The van der Waals surface area contributed by atoms with E-state index in [9.17, 15) is 9.59 Å². The summed E-state index contributed by atoms with van der Waals surface area (Å²) in [5, 5.41) is 0.525. The highest BCUT2D eigenvalue weighted by Crippen LogP contribution is 2.38. The van der Waals surface area contributed by atoms with Gasteiger partial charge < -0.3 is 19.1 Å². The molecule has 0 aliphatic carbocycles. The number of thiazole rings is 1. The largest absolute Gasteiger partial charge is 0.497 e. The van der Waals surface area contributed by atoms with E-state index in [1.807, 2.05) is 27.7 Å². The number of benzene rings is 2. The predicted octanol–water partition coefficient (Wildman–Crippen LogP) is 4.56. The van der Waals surface area contributed by atoms with Gasteiger partial charge in [-0.05, 0) is 77.1 Å². The van der Waals surface area contributed by atoms with Crippen LogP contribution in [-0.4, -0.2) is 48.8 Å². The fraction of sp³-hybridized carbons (Fsp3) is 0.367. The number of hydrogen-bond donors (Lipinski definition) is 0. The maximum Gasteiger partial charge on any atom is 0.271 e. The summed E-state index contributed by atoms with van der Waals surface area (Å²) in [6.07, 6.45) is 1.70. The first-order valence-electron chi connectivity index (χ1n) is 13.1. The quantitative estimate of drug-likeness (QED) is 0.369. The molecule has 4 rings (SSSR count). The number of amides is 1. The topological polar surface area (TPSA) is 82.4 Å². The van der Waals surface area contributed by atoms with E-state index in [0.29, 0.717) is 67.1 Å². The molecule has 0 saturated heterocycles. The minimum Gasteiger partial charge on any atom is -0.497 e. The van der Waals surface area contributed by atoms with Gasteiger partial charge in [0, 0.05) is 29.2 Å². The maximum atomic E-state index is 14.1. The Balaban J connectivity index is 2.03. The number of nitrogens with zero attached hydrogens (tertiary/aromatic N) is 3. The molecule has 10 heteroatoms. The van der Waals surface area contributed by atoms with Crippen molar-refractivity contribution in [1.29, 1.82) is 0 Å².